The van der Waals surface area contributed by atoms with E-state index < -0.39 is 12.1 Å². The molecule has 1 saturated heterocycles. The molecule has 0 aliphatic carbocycles. The minimum absolute atomic E-state index is 0.101. The van der Waals surface area contributed by atoms with E-state index in [1.807, 2.05) is 37.3 Å². The van der Waals surface area contributed by atoms with Crippen molar-refractivity contribution in [1.82, 2.24) is 10.2 Å². The fourth-order valence-electron chi connectivity index (χ4n) is 2.70. The average Bonchev–Trinajstić information content (AvgIpc) is 2.50. The zero-order valence-corrected chi connectivity index (χ0v) is 12.4. The van der Waals surface area contributed by atoms with Crippen LogP contribution in [0.2, 0.25) is 0 Å². The van der Waals surface area contributed by atoms with Crippen LogP contribution in [0.1, 0.15) is 25.8 Å². The van der Waals surface area contributed by atoms with Gasteiger partial charge in [-0.2, -0.15) is 0 Å². The van der Waals surface area contributed by atoms with Crippen molar-refractivity contribution in [2.45, 2.75) is 44.8 Å². The van der Waals surface area contributed by atoms with Crippen molar-refractivity contribution in [3.63, 3.8) is 0 Å². The Morgan fingerprint density at radius 1 is 1.33 bits per heavy atom. The smallest absolute Gasteiger partial charge is 0.247 e. The molecule has 0 aromatic heterocycles. The molecule has 3 unspecified atom stereocenters. The summed E-state index contributed by atoms with van der Waals surface area (Å²) in [6.45, 7) is 3.66. The quantitative estimate of drug-likeness (QED) is 0.849. The molecule has 4 nitrogen and oxygen atoms in total. The minimum atomic E-state index is -0.543. The summed E-state index contributed by atoms with van der Waals surface area (Å²) in [5, 5.41) is 2.83. The molecule has 2 rings (SSSR count). The Bertz CT molecular complexity index is 562. The molecule has 0 saturated carbocycles. The van der Waals surface area contributed by atoms with E-state index in [-0.39, 0.29) is 17.9 Å². The van der Waals surface area contributed by atoms with E-state index in [0.29, 0.717) is 12.8 Å². The van der Waals surface area contributed by atoms with Gasteiger partial charge in [-0.25, -0.2) is 0 Å². The molecule has 0 radical (unpaired) electrons. The van der Waals surface area contributed by atoms with Crippen LogP contribution < -0.4 is 5.32 Å². The summed E-state index contributed by atoms with van der Waals surface area (Å²) >= 11 is 0. The summed E-state index contributed by atoms with van der Waals surface area (Å²) in [6.07, 6.45) is 6.49. The lowest BCUT2D eigenvalue weighted by molar-refractivity contribution is -0.150. The number of carbonyl (C=O) groups excluding carboxylic acids is 2. The molecule has 1 N–H and O–H groups in total. The van der Waals surface area contributed by atoms with E-state index >= 15 is 0 Å². The monoisotopic (exact) mass is 284 g/mol. The highest BCUT2D eigenvalue weighted by atomic mass is 16.2. The zero-order valence-electron chi connectivity index (χ0n) is 12.4. The van der Waals surface area contributed by atoms with Crippen LogP contribution in [-0.4, -0.2) is 34.8 Å². The van der Waals surface area contributed by atoms with Crippen LogP contribution in [0.25, 0.3) is 0 Å². The summed E-state index contributed by atoms with van der Waals surface area (Å²) in [7, 11) is 0. The van der Waals surface area contributed by atoms with E-state index in [4.69, 9.17) is 6.42 Å². The highest BCUT2D eigenvalue weighted by Gasteiger charge is 2.41. The molecule has 0 spiro atoms. The number of benzene rings is 1. The van der Waals surface area contributed by atoms with Gasteiger partial charge in [-0.05, 0) is 18.9 Å². The minimum Gasteiger partial charge on any atom is -0.342 e. The molecule has 21 heavy (non-hydrogen) atoms. The third-order valence-corrected chi connectivity index (χ3v) is 3.84. The SMILES string of the molecule is C#CC(C)N1C(=O)C(Cc2ccccc2)NC(=O)C1CC. The van der Waals surface area contributed by atoms with Crippen LogP contribution in [-0.2, 0) is 16.0 Å². The topological polar surface area (TPSA) is 49.4 Å². The third-order valence-electron chi connectivity index (χ3n) is 3.84. The van der Waals surface area contributed by atoms with Gasteiger partial charge in [0.2, 0.25) is 11.8 Å². The summed E-state index contributed by atoms with van der Waals surface area (Å²) in [5.41, 5.74) is 1.01. The summed E-state index contributed by atoms with van der Waals surface area (Å²) in [6, 6.07) is 8.24. The molecular formula is C17H20N2O2. The highest BCUT2D eigenvalue weighted by Crippen LogP contribution is 2.18. The lowest BCUT2D eigenvalue weighted by atomic mass is 9.98. The molecule has 1 aromatic carbocycles. The number of rotatable bonds is 4. The fourth-order valence-corrected chi connectivity index (χ4v) is 2.70. The van der Waals surface area contributed by atoms with Gasteiger partial charge in [0.25, 0.3) is 0 Å². The second-order valence-electron chi connectivity index (χ2n) is 5.26. The van der Waals surface area contributed by atoms with Crippen molar-refractivity contribution < 1.29 is 9.59 Å². The van der Waals surface area contributed by atoms with Gasteiger partial charge in [0.05, 0.1) is 6.04 Å². The number of terminal acetylenes is 1. The first kappa shape index (κ1) is 15.1. The predicted octanol–water partition coefficient (Wildman–Crippen LogP) is 1.36. The highest BCUT2D eigenvalue weighted by molar-refractivity contribution is 5.97. The zero-order chi connectivity index (χ0) is 15.4. The Labute approximate surface area is 125 Å². The van der Waals surface area contributed by atoms with Crippen LogP contribution in [0, 0.1) is 12.3 Å². The molecule has 1 heterocycles. The van der Waals surface area contributed by atoms with E-state index in [9.17, 15) is 9.59 Å². The number of piperazine rings is 1. The Kier molecular flexibility index (Phi) is 4.64. The summed E-state index contributed by atoms with van der Waals surface area (Å²) in [5.74, 6) is 2.33. The first-order valence-electron chi connectivity index (χ1n) is 7.21. The van der Waals surface area contributed by atoms with Gasteiger partial charge in [-0.15, -0.1) is 6.42 Å². The van der Waals surface area contributed by atoms with Crippen molar-refractivity contribution in [1.29, 1.82) is 0 Å². The van der Waals surface area contributed by atoms with Gasteiger partial charge >= 0.3 is 0 Å². The second kappa shape index (κ2) is 6.45. The Balaban J connectivity index is 2.23. The molecule has 0 bridgehead atoms. The van der Waals surface area contributed by atoms with Gasteiger partial charge in [0, 0.05) is 6.42 Å². The lowest BCUT2D eigenvalue weighted by Crippen LogP contribution is -2.65. The van der Waals surface area contributed by atoms with Crippen LogP contribution in [0.3, 0.4) is 0 Å². The van der Waals surface area contributed by atoms with E-state index in [1.54, 1.807) is 11.8 Å². The summed E-state index contributed by atoms with van der Waals surface area (Å²) < 4.78 is 0. The molecular weight excluding hydrogens is 264 g/mol. The third kappa shape index (κ3) is 3.08. The lowest BCUT2D eigenvalue weighted by Gasteiger charge is -2.40. The molecule has 2 amide bonds. The molecule has 1 aliphatic rings. The van der Waals surface area contributed by atoms with Crippen LogP contribution in [0.4, 0.5) is 0 Å². The standard InChI is InChI=1S/C17H20N2O2/c1-4-12(3)19-15(5-2)16(20)18-14(17(19)21)11-13-9-7-6-8-10-13/h1,6-10,12,14-15H,5,11H2,2-3H3,(H,18,20). The first-order valence-corrected chi connectivity index (χ1v) is 7.21. The molecule has 1 fully saturated rings. The largest absolute Gasteiger partial charge is 0.342 e. The van der Waals surface area contributed by atoms with Crippen molar-refractivity contribution in [2.24, 2.45) is 0 Å². The van der Waals surface area contributed by atoms with E-state index in [2.05, 4.69) is 11.2 Å². The van der Waals surface area contributed by atoms with Crippen LogP contribution in [0.15, 0.2) is 30.3 Å². The predicted molar refractivity (Wildman–Crippen MR) is 81.3 cm³/mol. The molecule has 3 atom stereocenters. The second-order valence-corrected chi connectivity index (χ2v) is 5.26. The van der Waals surface area contributed by atoms with E-state index in [1.165, 1.54) is 0 Å². The molecule has 110 valence electrons. The van der Waals surface area contributed by atoms with Gasteiger partial charge in [0.15, 0.2) is 0 Å². The van der Waals surface area contributed by atoms with Gasteiger partial charge in [-0.3, -0.25) is 9.59 Å². The number of amides is 2. The molecule has 1 aliphatic heterocycles. The van der Waals surface area contributed by atoms with E-state index in [0.717, 1.165) is 5.56 Å². The van der Waals surface area contributed by atoms with Gasteiger partial charge in [-0.1, -0.05) is 43.2 Å². The van der Waals surface area contributed by atoms with Crippen molar-refractivity contribution in [3.8, 4) is 12.3 Å². The van der Waals surface area contributed by atoms with Crippen LogP contribution >= 0.6 is 0 Å². The van der Waals surface area contributed by atoms with Crippen molar-refractivity contribution >= 4 is 11.8 Å². The van der Waals surface area contributed by atoms with Gasteiger partial charge < -0.3 is 10.2 Å². The number of carbonyl (C=O) groups is 2. The number of hydrogen-bond donors (Lipinski definition) is 1. The van der Waals surface area contributed by atoms with Crippen molar-refractivity contribution in [3.05, 3.63) is 35.9 Å². The normalized spacial score (nSPS) is 23.4. The maximum atomic E-state index is 12.7. The molecule has 4 heteroatoms. The maximum absolute atomic E-state index is 12.7. The van der Waals surface area contributed by atoms with Gasteiger partial charge in [0.1, 0.15) is 12.1 Å². The molecule has 1 aromatic rings. The number of nitrogens with one attached hydrogen (secondary N) is 1. The van der Waals surface area contributed by atoms with Crippen molar-refractivity contribution in [2.75, 3.05) is 0 Å². The summed E-state index contributed by atoms with van der Waals surface area (Å²) in [4.78, 5) is 26.4. The average molecular weight is 284 g/mol. The Morgan fingerprint density at radius 2 is 2.00 bits per heavy atom. The maximum Gasteiger partial charge on any atom is 0.247 e. The van der Waals surface area contributed by atoms with Crippen LogP contribution in [0.5, 0.6) is 0 Å². The Morgan fingerprint density at radius 3 is 2.57 bits per heavy atom. The first-order chi connectivity index (χ1) is 10.1. The number of nitrogens with zero attached hydrogens (tertiary/aromatic N) is 1. The Hall–Kier alpha value is -2.28. The fraction of sp³-hybridized carbons (Fsp3) is 0.412. The number of hydrogen-bond acceptors (Lipinski definition) is 2.